The Morgan fingerprint density at radius 2 is 1.67 bits per heavy atom. The molecule has 2 amide bonds. The number of aromatic nitrogens is 1. The Kier molecular flexibility index (Phi) is 6.16. The second-order valence-electron chi connectivity index (χ2n) is 9.90. The minimum atomic E-state index is -0.660. The molecule has 2 aliphatic heterocycles. The number of amides is 2. The SMILES string of the molecule is CCOC(=O)c1ccc(N2C(=O)C3Sc4[nH]c(=O)sc4[C@H](c4ccc(C(C)(C)C)cc4)C3C2=O)cc1. The highest BCUT2D eigenvalue weighted by Crippen LogP contribution is 2.53. The molecule has 3 aromatic rings. The van der Waals surface area contributed by atoms with Crippen molar-refractivity contribution in [2.45, 2.75) is 49.3 Å². The fourth-order valence-electron chi connectivity index (χ4n) is 4.78. The van der Waals surface area contributed by atoms with Crippen LogP contribution in [0.25, 0.3) is 0 Å². The largest absolute Gasteiger partial charge is 0.462 e. The van der Waals surface area contributed by atoms with Crippen molar-refractivity contribution in [1.82, 2.24) is 4.98 Å². The number of hydrogen-bond donors (Lipinski definition) is 1. The van der Waals surface area contributed by atoms with Crippen LogP contribution in [0.2, 0.25) is 0 Å². The van der Waals surface area contributed by atoms with Gasteiger partial charge < -0.3 is 9.72 Å². The highest BCUT2D eigenvalue weighted by atomic mass is 32.2. The number of thioether (sulfide) groups is 1. The molecular weight excluding hydrogens is 496 g/mol. The Morgan fingerprint density at radius 1 is 1.00 bits per heavy atom. The van der Waals surface area contributed by atoms with Crippen LogP contribution in [0.5, 0.6) is 0 Å². The molecule has 1 N–H and O–H groups in total. The summed E-state index contributed by atoms with van der Waals surface area (Å²) in [6, 6.07) is 14.4. The van der Waals surface area contributed by atoms with E-state index < -0.39 is 23.1 Å². The molecule has 2 aliphatic rings. The van der Waals surface area contributed by atoms with E-state index in [1.165, 1.54) is 16.7 Å². The molecule has 0 saturated carbocycles. The maximum absolute atomic E-state index is 13.8. The van der Waals surface area contributed by atoms with Gasteiger partial charge in [-0.25, -0.2) is 9.69 Å². The molecule has 3 heterocycles. The molecule has 5 rings (SSSR count). The van der Waals surface area contributed by atoms with Gasteiger partial charge in [-0.1, -0.05) is 68.1 Å². The van der Waals surface area contributed by atoms with Gasteiger partial charge in [0.1, 0.15) is 5.25 Å². The molecule has 36 heavy (non-hydrogen) atoms. The minimum absolute atomic E-state index is 0.0286. The lowest BCUT2D eigenvalue weighted by Gasteiger charge is -2.30. The molecule has 1 aromatic heterocycles. The molecule has 186 valence electrons. The highest BCUT2D eigenvalue weighted by Gasteiger charge is 2.56. The van der Waals surface area contributed by atoms with Crippen LogP contribution in [0.1, 0.15) is 60.0 Å². The third-order valence-corrected chi connectivity index (χ3v) is 9.00. The summed E-state index contributed by atoms with van der Waals surface area (Å²) in [5.41, 5.74) is 2.79. The lowest BCUT2D eigenvalue weighted by Crippen LogP contribution is -2.32. The number of thiazole rings is 1. The number of carbonyl (C=O) groups excluding carboxylic acids is 3. The van der Waals surface area contributed by atoms with Crippen LogP contribution in [-0.4, -0.2) is 34.6 Å². The van der Waals surface area contributed by atoms with Crippen LogP contribution in [0, 0.1) is 5.92 Å². The number of H-pyrrole nitrogens is 1. The molecule has 0 spiro atoms. The zero-order valence-electron chi connectivity index (χ0n) is 20.4. The Balaban J connectivity index is 1.54. The first-order chi connectivity index (χ1) is 17.1. The number of imide groups is 1. The molecule has 1 fully saturated rings. The van der Waals surface area contributed by atoms with Crippen molar-refractivity contribution in [1.29, 1.82) is 0 Å². The van der Waals surface area contributed by atoms with E-state index in [1.807, 2.05) is 24.3 Å². The third-order valence-electron chi connectivity index (χ3n) is 6.60. The third kappa shape index (κ3) is 4.10. The maximum Gasteiger partial charge on any atom is 0.338 e. The number of ether oxygens (including phenoxy) is 1. The Hall–Kier alpha value is -3.17. The number of esters is 1. The molecule has 3 atom stereocenters. The number of nitrogens with one attached hydrogen (secondary N) is 1. The quantitative estimate of drug-likeness (QED) is 0.394. The van der Waals surface area contributed by atoms with E-state index >= 15 is 0 Å². The van der Waals surface area contributed by atoms with Gasteiger partial charge in [0.05, 0.1) is 28.8 Å². The van der Waals surface area contributed by atoms with Crippen molar-refractivity contribution in [2.24, 2.45) is 5.92 Å². The van der Waals surface area contributed by atoms with Crippen molar-refractivity contribution < 1.29 is 19.1 Å². The molecule has 2 aromatic carbocycles. The first kappa shape index (κ1) is 24.5. The first-order valence-corrected chi connectivity index (χ1v) is 13.4. The number of rotatable bonds is 4. The van der Waals surface area contributed by atoms with E-state index in [4.69, 9.17) is 4.74 Å². The number of benzene rings is 2. The number of hydrogen-bond acceptors (Lipinski definition) is 7. The summed E-state index contributed by atoms with van der Waals surface area (Å²) in [5.74, 6) is -2.15. The van der Waals surface area contributed by atoms with Gasteiger partial charge in [0, 0.05) is 10.8 Å². The van der Waals surface area contributed by atoms with Gasteiger partial charge in [0.2, 0.25) is 11.8 Å². The second kappa shape index (κ2) is 9.05. The molecular formula is C27H26N2O5S2. The van der Waals surface area contributed by atoms with Crippen LogP contribution in [-0.2, 0) is 19.7 Å². The highest BCUT2D eigenvalue weighted by molar-refractivity contribution is 8.00. The van der Waals surface area contributed by atoms with E-state index in [1.54, 1.807) is 31.2 Å². The Morgan fingerprint density at radius 3 is 2.28 bits per heavy atom. The van der Waals surface area contributed by atoms with E-state index in [0.717, 1.165) is 27.3 Å². The van der Waals surface area contributed by atoms with Crippen molar-refractivity contribution in [2.75, 3.05) is 11.5 Å². The first-order valence-electron chi connectivity index (χ1n) is 11.7. The van der Waals surface area contributed by atoms with Gasteiger partial charge in [0.15, 0.2) is 0 Å². The predicted molar refractivity (Wildman–Crippen MR) is 140 cm³/mol. The van der Waals surface area contributed by atoms with Crippen molar-refractivity contribution in [3.05, 3.63) is 79.8 Å². The summed E-state index contributed by atoms with van der Waals surface area (Å²) >= 11 is 2.34. The normalized spacial score (nSPS) is 21.3. The zero-order valence-corrected chi connectivity index (χ0v) is 22.0. The summed E-state index contributed by atoms with van der Waals surface area (Å²) in [5, 5.41) is -0.0101. The van der Waals surface area contributed by atoms with Gasteiger partial charge >= 0.3 is 10.8 Å². The van der Waals surface area contributed by atoms with E-state index in [9.17, 15) is 19.2 Å². The van der Waals surface area contributed by atoms with Crippen molar-refractivity contribution in [3.63, 3.8) is 0 Å². The van der Waals surface area contributed by atoms with Crippen molar-refractivity contribution in [3.8, 4) is 0 Å². The lowest BCUT2D eigenvalue weighted by molar-refractivity contribution is -0.122. The van der Waals surface area contributed by atoms with Gasteiger partial charge in [-0.05, 0) is 47.7 Å². The zero-order chi connectivity index (χ0) is 25.8. The Bertz CT molecular complexity index is 1400. The standard InChI is InChI=1S/C27H26N2O5S2/c1-5-34-25(32)15-8-12-17(13-9-15)29-23(30)19-18(14-6-10-16(11-7-14)27(2,3)4)20-22(28-26(33)36-20)35-21(19)24(29)31/h6-13,18-19,21H,5H2,1-4H3,(H,28,33)/t18-,19?,21?/m1/s1. The molecule has 2 unspecified atom stereocenters. The summed E-state index contributed by atoms with van der Waals surface area (Å²) in [6.07, 6.45) is 0. The summed E-state index contributed by atoms with van der Waals surface area (Å²) in [7, 11) is 0. The predicted octanol–water partition coefficient (Wildman–Crippen LogP) is 4.71. The molecule has 0 bridgehead atoms. The molecule has 9 heteroatoms. The lowest BCUT2D eigenvalue weighted by atomic mass is 9.81. The smallest absolute Gasteiger partial charge is 0.338 e. The average Bonchev–Trinajstić information content (AvgIpc) is 3.33. The van der Waals surface area contributed by atoms with E-state index in [2.05, 4.69) is 25.8 Å². The fraction of sp³-hybridized carbons (Fsp3) is 0.333. The van der Waals surface area contributed by atoms with Gasteiger partial charge in [-0.3, -0.25) is 14.4 Å². The van der Waals surface area contributed by atoms with Crippen molar-refractivity contribution >= 4 is 46.6 Å². The number of carbonyl (C=O) groups is 3. The van der Waals surface area contributed by atoms with Crippen LogP contribution >= 0.6 is 23.1 Å². The van der Waals surface area contributed by atoms with Crippen LogP contribution < -0.4 is 9.77 Å². The summed E-state index contributed by atoms with van der Waals surface area (Å²) in [4.78, 5) is 56.3. The number of fused-ring (bicyclic) bond motifs is 2. The van der Waals surface area contributed by atoms with Gasteiger partial charge in [-0.15, -0.1) is 0 Å². The topological polar surface area (TPSA) is 96.5 Å². The second-order valence-corrected chi connectivity index (χ2v) is 12.1. The van der Waals surface area contributed by atoms with Crippen LogP contribution in [0.4, 0.5) is 5.69 Å². The summed E-state index contributed by atoms with van der Waals surface area (Å²) in [6.45, 7) is 8.39. The minimum Gasteiger partial charge on any atom is -0.462 e. The molecule has 0 aliphatic carbocycles. The number of aromatic amines is 1. The molecule has 1 saturated heterocycles. The molecule has 7 nitrogen and oxygen atoms in total. The molecule has 0 radical (unpaired) electrons. The van der Waals surface area contributed by atoms with Crippen LogP contribution in [0.3, 0.4) is 0 Å². The van der Waals surface area contributed by atoms with Gasteiger partial charge in [0.25, 0.3) is 0 Å². The Labute approximate surface area is 216 Å². The average molecular weight is 523 g/mol. The monoisotopic (exact) mass is 522 g/mol. The maximum atomic E-state index is 13.8. The summed E-state index contributed by atoms with van der Waals surface area (Å²) < 4.78 is 5.02. The number of nitrogens with zero attached hydrogens (tertiary/aromatic N) is 1. The van der Waals surface area contributed by atoms with Crippen LogP contribution in [0.15, 0.2) is 58.4 Å². The fourth-order valence-corrected chi connectivity index (χ4v) is 7.30. The number of anilines is 1. The van der Waals surface area contributed by atoms with Gasteiger partial charge in [-0.2, -0.15) is 0 Å². The van der Waals surface area contributed by atoms with E-state index in [-0.39, 0.29) is 28.7 Å². The van der Waals surface area contributed by atoms with E-state index in [0.29, 0.717) is 16.3 Å².